The number of anilines is 1. The zero-order valence-corrected chi connectivity index (χ0v) is 12.8. The van der Waals surface area contributed by atoms with Crippen molar-refractivity contribution in [1.29, 1.82) is 0 Å². The van der Waals surface area contributed by atoms with Gasteiger partial charge in [0.15, 0.2) is 0 Å². The Morgan fingerprint density at radius 2 is 2.05 bits per heavy atom. The van der Waals surface area contributed by atoms with Gasteiger partial charge in [0.2, 0.25) is 0 Å². The van der Waals surface area contributed by atoms with Gasteiger partial charge in [-0.25, -0.2) is 0 Å². The third-order valence-electron chi connectivity index (χ3n) is 2.83. The van der Waals surface area contributed by atoms with E-state index >= 15 is 0 Å². The number of nitrogens with two attached hydrogens (primary N) is 1. The van der Waals surface area contributed by atoms with Gasteiger partial charge in [0.05, 0.1) is 26.4 Å². The minimum Gasteiger partial charge on any atom is -0.382 e. The molecule has 0 aliphatic carbocycles. The molecule has 0 radical (unpaired) electrons. The Morgan fingerprint density at radius 3 is 2.58 bits per heavy atom. The monoisotopic (exact) mass is 269 g/mol. The van der Waals surface area contributed by atoms with E-state index in [9.17, 15) is 0 Å². The number of hydrogen-bond acceptors (Lipinski definition) is 4. The van der Waals surface area contributed by atoms with Gasteiger partial charge in [-0.3, -0.25) is 4.68 Å². The first-order valence-corrected chi connectivity index (χ1v) is 7.00. The van der Waals surface area contributed by atoms with Crippen LogP contribution in [0.4, 0.5) is 5.82 Å². The van der Waals surface area contributed by atoms with Crippen molar-refractivity contribution in [2.75, 3.05) is 25.6 Å². The first kappa shape index (κ1) is 16.0. The predicted octanol–water partition coefficient (Wildman–Crippen LogP) is 2.20. The Bertz CT molecular complexity index is 377. The molecule has 1 aromatic heterocycles. The highest BCUT2D eigenvalue weighted by atomic mass is 16.6. The lowest BCUT2D eigenvalue weighted by atomic mass is 9.92. The van der Waals surface area contributed by atoms with Gasteiger partial charge in [0, 0.05) is 17.2 Å². The molecule has 1 unspecified atom stereocenters. The fourth-order valence-electron chi connectivity index (χ4n) is 2.01. The largest absolute Gasteiger partial charge is 0.382 e. The van der Waals surface area contributed by atoms with Crippen LogP contribution in [0.5, 0.6) is 0 Å². The normalized spacial score (nSPS) is 19.7. The van der Waals surface area contributed by atoms with Crippen molar-refractivity contribution < 1.29 is 9.47 Å². The molecule has 0 amide bonds. The maximum atomic E-state index is 5.78. The smallest absolute Gasteiger partial charge is 0.145 e. The molecule has 2 rings (SSSR count). The number of nitrogens with zero attached hydrogens (tertiary/aromatic N) is 2. The molecule has 5 nitrogen and oxygen atoms in total. The van der Waals surface area contributed by atoms with E-state index in [1.807, 2.05) is 24.6 Å². The van der Waals surface area contributed by atoms with Gasteiger partial charge in [-0.15, -0.1) is 0 Å². The van der Waals surface area contributed by atoms with Crippen LogP contribution < -0.4 is 5.73 Å². The van der Waals surface area contributed by atoms with Crippen LogP contribution >= 0.6 is 0 Å². The van der Waals surface area contributed by atoms with Gasteiger partial charge >= 0.3 is 0 Å². The lowest BCUT2D eigenvalue weighted by molar-refractivity contribution is -0.0950. The average molecular weight is 269 g/mol. The fraction of sp³-hybridized carbons (Fsp3) is 0.786. The third kappa shape index (κ3) is 4.51. The summed E-state index contributed by atoms with van der Waals surface area (Å²) < 4.78 is 13.0. The molecule has 0 aromatic carbocycles. The second kappa shape index (κ2) is 6.91. The average Bonchev–Trinajstić information content (AvgIpc) is 2.74. The number of nitrogen functional groups attached to an aromatic ring is 1. The zero-order valence-electron chi connectivity index (χ0n) is 12.8. The van der Waals surface area contributed by atoms with Crippen LogP contribution in [0.3, 0.4) is 0 Å². The maximum absolute atomic E-state index is 5.78. The molecule has 1 saturated heterocycles. The summed E-state index contributed by atoms with van der Waals surface area (Å²) in [5.74, 6) is 0.562. The van der Waals surface area contributed by atoms with E-state index < -0.39 is 0 Å². The molecule has 2 N–H and O–H groups in total. The van der Waals surface area contributed by atoms with Gasteiger partial charge in [-0.1, -0.05) is 34.6 Å². The standard InChI is InChI=1S/C12H21N3O2.C2H6/c1-12(2,3)10-6-11(13)14-15(10)7-9-8-16-4-5-17-9;1-2/h6,9H,4-5,7-8H2,1-3H3,(H2,13,14);1-2H3. The van der Waals surface area contributed by atoms with Crippen molar-refractivity contribution in [1.82, 2.24) is 9.78 Å². The third-order valence-corrected chi connectivity index (χ3v) is 2.83. The van der Waals surface area contributed by atoms with Crippen LogP contribution in [0.15, 0.2) is 6.07 Å². The first-order valence-electron chi connectivity index (χ1n) is 7.00. The van der Waals surface area contributed by atoms with E-state index in [0.29, 0.717) is 32.2 Å². The summed E-state index contributed by atoms with van der Waals surface area (Å²) in [6.45, 7) is 13.1. The van der Waals surface area contributed by atoms with Gasteiger partial charge in [-0.05, 0) is 0 Å². The molecule has 1 fully saturated rings. The summed E-state index contributed by atoms with van der Waals surface area (Å²) in [6, 6.07) is 1.93. The van der Waals surface area contributed by atoms with Crippen molar-refractivity contribution in [2.24, 2.45) is 0 Å². The molecule has 110 valence electrons. The highest BCUT2D eigenvalue weighted by molar-refractivity contribution is 5.32. The predicted molar refractivity (Wildman–Crippen MR) is 77.2 cm³/mol. The summed E-state index contributed by atoms with van der Waals surface area (Å²) in [5.41, 5.74) is 6.93. The van der Waals surface area contributed by atoms with Crippen molar-refractivity contribution in [3.8, 4) is 0 Å². The fourth-order valence-corrected chi connectivity index (χ4v) is 2.01. The second-order valence-electron chi connectivity index (χ2n) is 5.45. The Labute approximate surface area is 116 Å². The topological polar surface area (TPSA) is 62.3 Å². The molecule has 0 bridgehead atoms. The molecule has 1 atom stereocenters. The Morgan fingerprint density at radius 1 is 1.37 bits per heavy atom. The molecule has 2 heterocycles. The second-order valence-corrected chi connectivity index (χ2v) is 5.45. The zero-order chi connectivity index (χ0) is 14.5. The highest BCUT2D eigenvalue weighted by Gasteiger charge is 2.23. The summed E-state index contributed by atoms with van der Waals surface area (Å²) in [5, 5.41) is 4.33. The van der Waals surface area contributed by atoms with E-state index in [-0.39, 0.29) is 11.5 Å². The highest BCUT2D eigenvalue weighted by Crippen LogP contribution is 2.24. The first-order chi connectivity index (χ1) is 8.97. The van der Waals surface area contributed by atoms with Crippen molar-refractivity contribution >= 4 is 5.82 Å². The van der Waals surface area contributed by atoms with Crippen LogP contribution in [-0.4, -0.2) is 35.7 Å². The van der Waals surface area contributed by atoms with Gasteiger partial charge in [-0.2, -0.15) is 5.10 Å². The minimum atomic E-state index is 0.0279. The number of hydrogen-bond donors (Lipinski definition) is 1. The SMILES string of the molecule is CC.CC(C)(C)c1cc(N)nn1CC1COCCO1. The summed E-state index contributed by atoms with van der Waals surface area (Å²) >= 11 is 0. The summed E-state index contributed by atoms with van der Waals surface area (Å²) in [6.07, 6.45) is 0.0733. The molecule has 5 heteroatoms. The van der Waals surface area contributed by atoms with Crippen molar-refractivity contribution in [3.05, 3.63) is 11.8 Å². The lowest BCUT2D eigenvalue weighted by Crippen LogP contribution is -2.34. The quantitative estimate of drug-likeness (QED) is 0.894. The van der Waals surface area contributed by atoms with E-state index in [1.165, 1.54) is 0 Å². The van der Waals surface area contributed by atoms with E-state index in [0.717, 1.165) is 5.69 Å². The van der Waals surface area contributed by atoms with Gasteiger partial charge < -0.3 is 15.2 Å². The molecule has 1 aliphatic rings. The molecule has 0 saturated carbocycles. The number of aromatic nitrogens is 2. The number of ether oxygens (including phenoxy) is 2. The van der Waals surface area contributed by atoms with E-state index in [1.54, 1.807) is 0 Å². The van der Waals surface area contributed by atoms with Gasteiger partial charge in [0.1, 0.15) is 11.9 Å². The van der Waals surface area contributed by atoms with Crippen LogP contribution in [-0.2, 0) is 21.4 Å². The van der Waals surface area contributed by atoms with Crippen molar-refractivity contribution in [2.45, 2.75) is 52.7 Å². The maximum Gasteiger partial charge on any atom is 0.145 e. The van der Waals surface area contributed by atoms with Crippen LogP contribution in [0.2, 0.25) is 0 Å². The Balaban J connectivity index is 0.000000861. The number of rotatable bonds is 2. The summed E-state index contributed by atoms with van der Waals surface area (Å²) in [4.78, 5) is 0. The molecular formula is C14H27N3O2. The molecule has 0 spiro atoms. The van der Waals surface area contributed by atoms with Gasteiger partial charge in [0.25, 0.3) is 0 Å². The van der Waals surface area contributed by atoms with Crippen LogP contribution in [0.1, 0.15) is 40.3 Å². The van der Waals surface area contributed by atoms with Crippen LogP contribution in [0, 0.1) is 0 Å². The molecule has 19 heavy (non-hydrogen) atoms. The molecule has 1 aliphatic heterocycles. The van der Waals surface area contributed by atoms with Crippen molar-refractivity contribution in [3.63, 3.8) is 0 Å². The minimum absolute atomic E-state index is 0.0279. The lowest BCUT2D eigenvalue weighted by Gasteiger charge is -2.26. The Hall–Kier alpha value is -1.07. The summed E-state index contributed by atoms with van der Waals surface area (Å²) in [7, 11) is 0. The van der Waals surface area contributed by atoms with E-state index in [4.69, 9.17) is 15.2 Å². The Kier molecular flexibility index (Phi) is 5.82. The van der Waals surface area contributed by atoms with E-state index in [2.05, 4.69) is 25.9 Å². The molecular weight excluding hydrogens is 242 g/mol. The van der Waals surface area contributed by atoms with Crippen LogP contribution in [0.25, 0.3) is 0 Å². The molecule has 1 aromatic rings.